The van der Waals surface area contributed by atoms with E-state index in [1.807, 2.05) is 6.92 Å². The molecule has 0 amide bonds. The van der Waals surface area contributed by atoms with Gasteiger partial charge in [-0.3, -0.25) is 0 Å². The molecule has 72 valence electrons. The van der Waals surface area contributed by atoms with Crippen molar-refractivity contribution >= 4 is 0 Å². The van der Waals surface area contributed by atoms with Crippen molar-refractivity contribution in [2.75, 3.05) is 6.61 Å². The molecule has 0 aromatic rings. The van der Waals surface area contributed by atoms with Gasteiger partial charge in [0.25, 0.3) is 0 Å². The van der Waals surface area contributed by atoms with Crippen molar-refractivity contribution in [3.05, 3.63) is 0 Å². The van der Waals surface area contributed by atoms with Crippen LogP contribution in [0.1, 0.15) is 34.6 Å². The van der Waals surface area contributed by atoms with Gasteiger partial charge in [0.15, 0.2) is 0 Å². The van der Waals surface area contributed by atoms with E-state index in [0.29, 0.717) is 12.5 Å². The summed E-state index contributed by atoms with van der Waals surface area (Å²) in [5.74, 6) is 0.523. The Morgan fingerprint density at radius 1 is 1.33 bits per heavy atom. The molecule has 1 saturated heterocycles. The molecule has 1 rings (SSSR count). The summed E-state index contributed by atoms with van der Waals surface area (Å²) in [5.41, 5.74) is -0.220. The number of aliphatic hydroxyl groups excluding tert-OH is 1. The first-order valence-corrected chi connectivity index (χ1v) is 4.66. The van der Waals surface area contributed by atoms with Crippen LogP contribution >= 0.6 is 0 Å². The van der Waals surface area contributed by atoms with Crippen molar-refractivity contribution in [1.29, 1.82) is 0 Å². The number of hydrogen-bond donors (Lipinski definition) is 1. The van der Waals surface area contributed by atoms with E-state index in [1.54, 1.807) is 0 Å². The SMILES string of the molecule is CC(C)C(C)(C)C1(C(C)O)CO1. The maximum atomic E-state index is 9.60. The Hall–Kier alpha value is -0.0800. The summed E-state index contributed by atoms with van der Waals surface area (Å²) in [5, 5.41) is 9.60. The summed E-state index contributed by atoms with van der Waals surface area (Å²) in [6, 6.07) is 0. The Balaban J connectivity index is 2.81. The molecule has 0 spiro atoms. The summed E-state index contributed by atoms with van der Waals surface area (Å²) in [7, 11) is 0. The molecular formula is C10H20O2. The lowest BCUT2D eigenvalue weighted by Gasteiger charge is -2.37. The van der Waals surface area contributed by atoms with Gasteiger partial charge in [0, 0.05) is 5.41 Å². The van der Waals surface area contributed by atoms with E-state index in [2.05, 4.69) is 27.7 Å². The first-order chi connectivity index (χ1) is 5.34. The van der Waals surface area contributed by atoms with Gasteiger partial charge >= 0.3 is 0 Å². The van der Waals surface area contributed by atoms with Crippen LogP contribution in [0.25, 0.3) is 0 Å². The number of aliphatic hydroxyl groups is 1. The van der Waals surface area contributed by atoms with Gasteiger partial charge in [-0.1, -0.05) is 27.7 Å². The van der Waals surface area contributed by atoms with Crippen LogP contribution < -0.4 is 0 Å². The second kappa shape index (κ2) is 2.71. The first-order valence-electron chi connectivity index (χ1n) is 4.66. The van der Waals surface area contributed by atoms with Crippen molar-refractivity contribution in [3.63, 3.8) is 0 Å². The van der Waals surface area contributed by atoms with Crippen LogP contribution in [0.2, 0.25) is 0 Å². The Morgan fingerprint density at radius 3 is 1.83 bits per heavy atom. The molecule has 1 heterocycles. The Kier molecular flexibility index (Phi) is 2.26. The number of ether oxygens (including phenoxy) is 1. The zero-order chi connectivity index (χ0) is 9.57. The van der Waals surface area contributed by atoms with Gasteiger partial charge in [0.2, 0.25) is 0 Å². The molecular weight excluding hydrogens is 152 g/mol. The van der Waals surface area contributed by atoms with Crippen molar-refractivity contribution in [2.45, 2.75) is 46.3 Å². The topological polar surface area (TPSA) is 32.8 Å². The fourth-order valence-electron chi connectivity index (χ4n) is 1.72. The van der Waals surface area contributed by atoms with Crippen LogP contribution in [0.15, 0.2) is 0 Å². The Labute approximate surface area is 74.9 Å². The Morgan fingerprint density at radius 2 is 1.75 bits per heavy atom. The maximum absolute atomic E-state index is 9.60. The van der Waals surface area contributed by atoms with Crippen LogP contribution in [0.5, 0.6) is 0 Å². The lowest BCUT2D eigenvalue weighted by Crippen LogP contribution is -2.45. The van der Waals surface area contributed by atoms with Crippen LogP contribution in [-0.2, 0) is 4.74 Å². The summed E-state index contributed by atoms with van der Waals surface area (Å²) >= 11 is 0. The second-order valence-corrected chi connectivity index (χ2v) is 4.73. The molecule has 2 nitrogen and oxygen atoms in total. The lowest BCUT2D eigenvalue weighted by molar-refractivity contribution is -0.0112. The zero-order valence-corrected chi connectivity index (χ0v) is 8.72. The highest BCUT2D eigenvalue weighted by molar-refractivity contribution is 5.08. The fourth-order valence-corrected chi connectivity index (χ4v) is 1.72. The lowest BCUT2D eigenvalue weighted by atomic mass is 9.68. The van der Waals surface area contributed by atoms with E-state index >= 15 is 0 Å². The molecule has 0 radical (unpaired) electrons. The van der Waals surface area contributed by atoms with Crippen LogP contribution in [0.3, 0.4) is 0 Å². The molecule has 0 bridgehead atoms. The zero-order valence-electron chi connectivity index (χ0n) is 8.72. The molecule has 1 aliphatic heterocycles. The van der Waals surface area contributed by atoms with E-state index < -0.39 is 0 Å². The molecule has 2 unspecified atom stereocenters. The second-order valence-electron chi connectivity index (χ2n) is 4.73. The summed E-state index contributed by atoms with van der Waals surface area (Å²) in [4.78, 5) is 0. The molecule has 1 fully saturated rings. The monoisotopic (exact) mass is 172 g/mol. The fraction of sp³-hybridized carbons (Fsp3) is 1.00. The van der Waals surface area contributed by atoms with Gasteiger partial charge in [-0.25, -0.2) is 0 Å². The van der Waals surface area contributed by atoms with E-state index in [4.69, 9.17) is 4.74 Å². The third-order valence-corrected chi connectivity index (χ3v) is 3.66. The van der Waals surface area contributed by atoms with Crippen LogP contribution in [-0.4, -0.2) is 23.4 Å². The molecule has 1 N–H and O–H groups in total. The molecule has 1 aliphatic rings. The summed E-state index contributed by atoms with van der Waals surface area (Å²) in [6.07, 6.45) is -0.366. The molecule has 2 heteroatoms. The molecule has 0 aromatic carbocycles. The predicted molar refractivity (Wildman–Crippen MR) is 49.0 cm³/mol. The average molecular weight is 172 g/mol. The standard InChI is InChI=1S/C10H20O2/c1-7(2)9(4,5)10(6-12-10)8(3)11/h7-8,11H,6H2,1-5H3. The van der Waals surface area contributed by atoms with Gasteiger partial charge in [-0.15, -0.1) is 0 Å². The molecule has 2 atom stereocenters. The highest BCUT2D eigenvalue weighted by Gasteiger charge is 2.60. The van der Waals surface area contributed by atoms with Gasteiger partial charge in [0.1, 0.15) is 5.60 Å². The largest absolute Gasteiger partial charge is 0.390 e. The average Bonchev–Trinajstić information content (AvgIpc) is 2.64. The van der Waals surface area contributed by atoms with Gasteiger partial charge < -0.3 is 9.84 Å². The molecule has 12 heavy (non-hydrogen) atoms. The van der Waals surface area contributed by atoms with E-state index in [0.717, 1.165) is 0 Å². The van der Waals surface area contributed by atoms with Crippen molar-refractivity contribution < 1.29 is 9.84 Å². The molecule has 0 aliphatic carbocycles. The third-order valence-electron chi connectivity index (χ3n) is 3.66. The number of hydrogen-bond acceptors (Lipinski definition) is 2. The Bertz CT molecular complexity index is 159. The van der Waals surface area contributed by atoms with E-state index in [1.165, 1.54) is 0 Å². The highest BCUT2D eigenvalue weighted by atomic mass is 16.6. The smallest absolute Gasteiger partial charge is 0.122 e. The molecule has 0 aromatic heterocycles. The van der Waals surface area contributed by atoms with Gasteiger partial charge in [-0.05, 0) is 12.8 Å². The minimum atomic E-state index is -0.366. The maximum Gasteiger partial charge on any atom is 0.122 e. The van der Waals surface area contributed by atoms with Crippen molar-refractivity contribution in [1.82, 2.24) is 0 Å². The predicted octanol–water partition coefficient (Wildman–Crippen LogP) is 1.82. The van der Waals surface area contributed by atoms with Crippen molar-refractivity contribution in [2.24, 2.45) is 11.3 Å². The minimum absolute atomic E-state index is 0.0567. The number of epoxide rings is 1. The molecule has 0 saturated carbocycles. The number of rotatable bonds is 3. The van der Waals surface area contributed by atoms with Crippen LogP contribution in [0.4, 0.5) is 0 Å². The first kappa shape index (κ1) is 10.0. The van der Waals surface area contributed by atoms with E-state index in [9.17, 15) is 5.11 Å². The summed E-state index contributed by atoms with van der Waals surface area (Å²) < 4.78 is 5.43. The van der Waals surface area contributed by atoms with Gasteiger partial charge in [-0.2, -0.15) is 0 Å². The van der Waals surface area contributed by atoms with Gasteiger partial charge in [0.05, 0.1) is 12.7 Å². The quantitative estimate of drug-likeness (QED) is 0.659. The highest BCUT2D eigenvalue weighted by Crippen LogP contribution is 2.50. The summed E-state index contributed by atoms with van der Waals surface area (Å²) in [6.45, 7) is 11.2. The van der Waals surface area contributed by atoms with Crippen LogP contribution in [0, 0.1) is 11.3 Å². The van der Waals surface area contributed by atoms with Crippen molar-refractivity contribution in [3.8, 4) is 0 Å². The normalized spacial score (nSPS) is 32.2. The minimum Gasteiger partial charge on any atom is -0.390 e. The van der Waals surface area contributed by atoms with E-state index in [-0.39, 0.29) is 17.1 Å². The third kappa shape index (κ3) is 1.17.